The van der Waals surface area contributed by atoms with Crippen LogP contribution in [0.3, 0.4) is 0 Å². The average Bonchev–Trinajstić information content (AvgIpc) is 2.79. The molecule has 2 aliphatic rings. The lowest BCUT2D eigenvalue weighted by atomic mass is 10.1. The molecule has 1 fully saturated rings. The van der Waals surface area contributed by atoms with Gasteiger partial charge in [0.15, 0.2) is 17.7 Å². The zero-order valence-corrected chi connectivity index (χ0v) is 19.1. The second-order valence-corrected chi connectivity index (χ2v) is 8.50. The number of ether oxygens (including phenoxy) is 2. The Morgan fingerprint density at radius 2 is 2.09 bits per heavy atom. The number of hydrogen-bond acceptors (Lipinski definition) is 5. The average molecular weight is 475 g/mol. The normalized spacial score (nSPS) is 19.4. The SMILES string of the molecule is CCCCOc1c2n(cc(C(=O)NCc3ccc(F)cc3F)c1=O)C[C@@H]1OCC[C@H](C)N1C2=O. The van der Waals surface area contributed by atoms with Gasteiger partial charge < -0.3 is 24.3 Å². The van der Waals surface area contributed by atoms with Crippen molar-refractivity contribution in [3.05, 3.63) is 63.1 Å². The van der Waals surface area contributed by atoms with Gasteiger partial charge in [0.1, 0.15) is 17.2 Å². The molecule has 0 unspecified atom stereocenters. The quantitative estimate of drug-likeness (QED) is 0.622. The maximum atomic E-state index is 13.9. The first kappa shape index (κ1) is 23.9. The van der Waals surface area contributed by atoms with Gasteiger partial charge in [-0.05, 0) is 25.8 Å². The van der Waals surface area contributed by atoms with E-state index >= 15 is 0 Å². The predicted molar refractivity (Wildman–Crippen MR) is 119 cm³/mol. The van der Waals surface area contributed by atoms with Gasteiger partial charge in [-0.1, -0.05) is 19.4 Å². The number of nitrogens with zero attached hydrogens (tertiary/aromatic N) is 2. The molecule has 0 spiro atoms. The molecule has 8 nitrogen and oxygen atoms in total. The summed E-state index contributed by atoms with van der Waals surface area (Å²) in [6.45, 7) is 4.60. The number of pyridine rings is 1. The molecule has 10 heteroatoms. The van der Waals surface area contributed by atoms with Crippen LogP contribution in [0.4, 0.5) is 8.78 Å². The predicted octanol–water partition coefficient (Wildman–Crippen LogP) is 2.83. The van der Waals surface area contributed by atoms with Crippen molar-refractivity contribution in [3.63, 3.8) is 0 Å². The number of carbonyl (C=O) groups excluding carboxylic acids is 2. The van der Waals surface area contributed by atoms with E-state index in [0.29, 0.717) is 19.4 Å². The van der Waals surface area contributed by atoms with Crippen LogP contribution in [-0.2, 0) is 17.8 Å². The highest BCUT2D eigenvalue weighted by Gasteiger charge is 2.41. The summed E-state index contributed by atoms with van der Waals surface area (Å²) >= 11 is 0. The maximum Gasteiger partial charge on any atom is 0.276 e. The van der Waals surface area contributed by atoms with Crippen molar-refractivity contribution >= 4 is 11.8 Å². The van der Waals surface area contributed by atoms with E-state index in [-0.39, 0.29) is 54.2 Å². The van der Waals surface area contributed by atoms with Crippen molar-refractivity contribution in [1.82, 2.24) is 14.8 Å². The molecule has 182 valence electrons. The van der Waals surface area contributed by atoms with Crippen molar-refractivity contribution in [2.75, 3.05) is 13.2 Å². The highest BCUT2D eigenvalue weighted by molar-refractivity contribution is 5.99. The third-order valence-electron chi connectivity index (χ3n) is 6.10. The first-order valence-electron chi connectivity index (χ1n) is 11.4. The highest BCUT2D eigenvalue weighted by Crippen LogP contribution is 2.30. The number of unbranched alkanes of at least 4 members (excludes halogenated alkanes) is 1. The molecule has 2 aliphatic heterocycles. The molecular weight excluding hydrogens is 448 g/mol. The summed E-state index contributed by atoms with van der Waals surface area (Å²) in [5.41, 5.74) is -0.779. The first-order valence-corrected chi connectivity index (χ1v) is 11.4. The molecule has 0 aliphatic carbocycles. The van der Waals surface area contributed by atoms with Crippen LogP contribution in [0.25, 0.3) is 0 Å². The summed E-state index contributed by atoms with van der Waals surface area (Å²) in [5.74, 6) is -2.84. The van der Waals surface area contributed by atoms with Gasteiger partial charge in [-0.3, -0.25) is 14.4 Å². The lowest BCUT2D eigenvalue weighted by Gasteiger charge is -2.44. The molecule has 3 heterocycles. The fourth-order valence-corrected chi connectivity index (χ4v) is 4.19. The van der Waals surface area contributed by atoms with Gasteiger partial charge in [-0.25, -0.2) is 8.78 Å². The van der Waals surface area contributed by atoms with Crippen LogP contribution in [0.1, 0.15) is 59.5 Å². The summed E-state index contributed by atoms with van der Waals surface area (Å²) in [6.07, 6.45) is 2.97. The molecule has 2 atom stereocenters. The number of hydrogen-bond donors (Lipinski definition) is 1. The Bertz CT molecular complexity index is 1170. The Morgan fingerprint density at radius 3 is 2.82 bits per heavy atom. The van der Waals surface area contributed by atoms with Gasteiger partial charge >= 0.3 is 0 Å². The van der Waals surface area contributed by atoms with Crippen LogP contribution in [0, 0.1) is 11.6 Å². The number of benzene rings is 1. The molecule has 1 N–H and O–H groups in total. The number of nitrogens with one attached hydrogen (secondary N) is 1. The minimum absolute atomic E-state index is 0.0628. The Labute approximate surface area is 195 Å². The molecule has 0 bridgehead atoms. The smallest absolute Gasteiger partial charge is 0.276 e. The summed E-state index contributed by atoms with van der Waals surface area (Å²) in [6, 6.07) is 2.96. The molecule has 0 saturated carbocycles. The largest absolute Gasteiger partial charge is 0.487 e. The lowest BCUT2D eigenvalue weighted by molar-refractivity contribution is -0.112. The van der Waals surface area contributed by atoms with Gasteiger partial charge in [-0.2, -0.15) is 0 Å². The number of halogens is 2. The van der Waals surface area contributed by atoms with E-state index in [4.69, 9.17) is 9.47 Å². The zero-order valence-electron chi connectivity index (χ0n) is 19.1. The van der Waals surface area contributed by atoms with Gasteiger partial charge in [0.2, 0.25) is 5.43 Å². The van der Waals surface area contributed by atoms with E-state index in [2.05, 4.69) is 5.32 Å². The van der Waals surface area contributed by atoms with E-state index in [1.165, 1.54) is 16.8 Å². The number of rotatable bonds is 7. The van der Waals surface area contributed by atoms with Crippen LogP contribution in [0.2, 0.25) is 0 Å². The highest BCUT2D eigenvalue weighted by atomic mass is 19.1. The summed E-state index contributed by atoms with van der Waals surface area (Å²) < 4.78 is 40.1. The van der Waals surface area contributed by atoms with E-state index in [1.807, 2.05) is 13.8 Å². The van der Waals surface area contributed by atoms with Crippen molar-refractivity contribution in [3.8, 4) is 5.75 Å². The van der Waals surface area contributed by atoms with E-state index in [1.54, 1.807) is 4.90 Å². The number of amides is 2. The summed E-state index contributed by atoms with van der Waals surface area (Å²) in [4.78, 5) is 41.1. The Morgan fingerprint density at radius 1 is 1.29 bits per heavy atom. The molecule has 0 radical (unpaired) electrons. The summed E-state index contributed by atoms with van der Waals surface area (Å²) in [5, 5.41) is 2.50. The van der Waals surface area contributed by atoms with Gasteiger partial charge in [-0.15, -0.1) is 0 Å². The van der Waals surface area contributed by atoms with Crippen LogP contribution < -0.4 is 15.5 Å². The number of fused-ring (bicyclic) bond motifs is 2. The monoisotopic (exact) mass is 475 g/mol. The molecule has 1 aromatic carbocycles. The first-order chi connectivity index (χ1) is 16.3. The molecule has 1 saturated heterocycles. The zero-order chi connectivity index (χ0) is 24.4. The number of aromatic nitrogens is 1. The lowest BCUT2D eigenvalue weighted by Crippen LogP contribution is -2.57. The Kier molecular flexibility index (Phi) is 6.97. The molecule has 4 rings (SSSR count). The fourth-order valence-electron chi connectivity index (χ4n) is 4.19. The van der Waals surface area contributed by atoms with Crippen LogP contribution in [-0.4, -0.2) is 46.8 Å². The standard InChI is InChI=1S/C24H27F2N3O5/c1-3-4-8-34-22-20-24(32)29-14(2)7-9-33-19(29)13-28(20)12-17(21(22)30)23(31)27-11-15-5-6-16(25)10-18(15)26/h5-6,10,12,14,19H,3-4,7-9,11,13H2,1-2H3,(H,27,31)/t14-,19-/m0/s1. The topological polar surface area (TPSA) is 89.9 Å². The van der Waals surface area contributed by atoms with E-state index < -0.39 is 29.2 Å². The Hall–Kier alpha value is -3.27. The van der Waals surface area contributed by atoms with Gasteiger partial charge in [0, 0.05) is 30.4 Å². The third kappa shape index (κ3) is 4.54. The maximum absolute atomic E-state index is 13.9. The molecule has 1 aromatic heterocycles. The van der Waals surface area contributed by atoms with Crippen molar-refractivity contribution in [2.45, 2.75) is 58.5 Å². The fraction of sp³-hybridized carbons (Fsp3) is 0.458. The minimum atomic E-state index is -0.805. The molecule has 2 aromatic rings. The molecule has 34 heavy (non-hydrogen) atoms. The summed E-state index contributed by atoms with van der Waals surface area (Å²) in [7, 11) is 0. The molecule has 2 amide bonds. The second-order valence-electron chi connectivity index (χ2n) is 8.50. The van der Waals surface area contributed by atoms with Crippen LogP contribution in [0.15, 0.2) is 29.2 Å². The van der Waals surface area contributed by atoms with Gasteiger partial charge in [0.25, 0.3) is 11.8 Å². The van der Waals surface area contributed by atoms with Crippen molar-refractivity contribution < 1.29 is 27.8 Å². The van der Waals surface area contributed by atoms with Crippen molar-refractivity contribution in [2.24, 2.45) is 0 Å². The minimum Gasteiger partial charge on any atom is -0.487 e. The number of carbonyl (C=O) groups is 2. The van der Waals surface area contributed by atoms with Crippen LogP contribution >= 0.6 is 0 Å². The van der Waals surface area contributed by atoms with Gasteiger partial charge in [0.05, 0.1) is 19.8 Å². The molecular formula is C24H27F2N3O5. The van der Waals surface area contributed by atoms with Crippen molar-refractivity contribution in [1.29, 1.82) is 0 Å². The second kappa shape index (κ2) is 9.92. The third-order valence-corrected chi connectivity index (χ3v) is 6.10. The van der Waals surface area contributed by atoms with E-state index in [0.717, 1.165) is 18.6 Å². The Balaban J connectivity index is 1.68. The van der Waals surface area contributed by atoms with E-state index in [9.17, 15) is 23.2 Å². The van der Waals surface area contributed by atoms with Crippen LogP contribution in [0.5, 0.6) is 5.75 Å².